The van der Waals surface area contributed by atoms with Crippen molar-refractivity contribution in [3.05, 3.63) is 20.7 Å². The number of sulfone groups is 1. The van der Waals surface area contributed by atoms with Crippen molar-refractivity contribution < 1.29 is 13.5 Å². The van der Waals surface area contributed by atoms with Gasteiger partial charge < -0.3 is 10.1 Å². The number of aromatic hydroxyl groups is 1. The molecule has 0 saturated heterocycles. The molecule has 0 aliphatic carbocycles. The van der Waals surface area contributed by atoms with Gasteiger partial charge in [0.2, 0.25) is 5.88 Å². The number of rotatable bonds is 2. The Labute approximate surface area is 94.4 Å². The summed E-state index contributed by atoms with van der Waals surface area (Å²) in [6, 6.07) is 0. The molecule has 6 nitrogen and oxygen atoms in total. The molecule has 1 heterocycles. The average Bonchev–Trinajstić information content (AvgIpc) is 2.10. The first-order valence-electron chi connectivity index (χ1n) is 3.91. The van der Waals surface area contributed by atoms with Gasteiger partial charge in [0.1, 0.15) is 15.5 Å². The van der Waals surface area contributed by atoms with Gasteiger partial charge in [0.15, 0.2) is 9.84 Å². The fourth-order valence-electron chi connectivity index (χ4n) is 0.859. The van der Waals surface area contributed by atoms with Crippen LogP contribution in [0.4, 0.5) is 0 Å². The summed E-state index contributed by atoms with van der Waals surface area (Å²) in [6.45, 7) is 1.38. The van der Waals surface area contributed by atoms with Crippen LogP contribution in [0.5, 0.6) is 5.88 Å². The van der Waals surface area contributed by atoms with Crippen LogP contribution in [0.2, 0.25) is 0 Å². The predicted molar refractivity (Wildman–Crippen MR) is 57.5 cm³/mol. The number of halogens is 1. The van der Waals surface area contributed by atoms with Crippen LogP contribution in [0.25, 0.3) is 0 Å². The topological polar surface area (TPSA) is 100 Å². The van der Waals surface area contributed by atoms with Crippen LogP contribution in [0.3, 0.4) is 0 Å². The molecule has 0 radical (unpaired) electrons. The lowest BCUT2D eigenvalue weighted by atomic mass is 10.4. The minimum Gasteiger partial charge on any atom is -0.492 e. The first-order chi connectivity index (χ1) is 6.73. The van der Waals surface area contributed by atoms with Crippen molar-refractivity contribution in [1.82, 2.24) is 9.97 Å². The summed E-state index contributed by atoms with van der Waals surface area (Å²) in [7, 11) is -3.36. The zero-order chi connectivity index (χ0) is 11.8. The van der Waals surface area contributed by atoms with Gasteiger partial charge in [-0.1, -0.05) is 0 Å². The van der Waals surface area contributed by atoms with E-state index in [0.29, 0.717) is 0 Å². The van der Waals surface area contributed by atoms with Gasteiger partial charge in [0.05, 0.1) is 0 Å². The molecule has 84 valence electrons. The van der Waals surface area contributed by atoms with Crippen molar-refractivity contribution in [3.63, 3.8) is 0 Å². The van der Waals surface area contributed by atoms with Crippen molar-refractivity contribution >= 4 is 25.8 Å². The summed E-state index contributed by atoms with van der Waals surface area (Å²) >= 11 is 2.81. The van der Waals surface area contributed by atoms with Crippen molar-refractivity contribution in [2.75, 3.05) is 6.26 Å². The van der Waals surface area contributed by atoms with Crippen molar-refractivity contribution in [2.24, 2.45) is 0 Å². The van der Waals surface area contributed by atoms with E-state index < -0.39 is 26.5 Å². The molecule has 0 saturated carbocycles. The molecular weight excluding hydrogens is 288 g/mol. The molecule has 0 amide bonds. The summed E-state index contributed by atoms with van der Waals surface area (Å²) in [5.74, 6) is -0.604. The lowest BCUT2D eigenvalue weighted by Crippen LogP contribution is -2.18. The van der Waals surface area contributed by atoms with E-state index in [1.54, 1.807) is 0 Å². The lowest BCUT2D eigenvalue weighted by molar-refractivity contribution is 0.443. The van der Waals surface area contributed by atoms with Crippen molar-refractivity contribution in [3.8, 4) is 5.88 Å². The zero-order valence-corrected chi connectivity index (χ0v) is 10.4. The third kappa shape index (κ3) is 2.57. The molecule has 8 heteroatoms. The zero-order valence-electron chi connectivity index (χ0n) is 7.98. The second-order valence-electron chi connectivity index (χ2n) is 3.06. The highest BCUT2D eigenvalue weighted by Gasteiger charge is 2.21. The van der Waals surface area contributed by atoms with Crippen LogP contribution < -0.4 is 5.56 Å². The second kappa shape index (κ2) is 3.93. The molecule has 0 aliphatic heterocycles. The molecule has 0 aromatic carbocycles. The molecule has 2 N–H and O–H groups in total. The van der Waals surface area contributed by atoms with Gasteiger partial charge in [-0.3, -0.25) is 4.79 Å². The fourth-order valence-corrected chi connectivity index (χ4v) is 1.56. The number of hydrogen-bond donors (Lipinski definition) is 2. The summed E-state index contributed by atoms with van der Waals surface area (Å²) in [6.07, 6.45) is 1.02. The van der Waals surface area contributed by atoms with E-state index in [0.717, 1.165) is 6.26 Å². The quantitative estimate of drug-likeness (QED) is 0.820. The average molecular weight is 297 g/mol. The van der Waals surface area contributed by atoms with Crippen molar-refractivity contribution in [2.45, 2.75) is 12.2 Å². The van der Waals surface area contributed by atoms with E-state index in [4.69, 9.17) is 0 Å². The smallest absolute Gasteiger partial charge is 0.269 e. The number of H-pyrrole nitrogens is 1. The molecule has 0 fully saturated rings. The summed E-state index contributed by atoms with van der Waals surface area (Å²) in [5, 5.41) is 8.25. The molecule has 1 aromatic heterocycles. The third-order valence-corrected chi connectivity index (χ3v) is 4.11. The standard InChI is InChI=1S/C7H9BrN2O4S/c1-3(15(2,13)14)5-9-6(11)4(8)7(12)10-5/h3H,1-2H3,(H2,9,10,11,12). The minimum atomic E-state index is -3.36. The Morgan fingerprint density at radius 1 is 1.53 bits per heavy atom. The Morgan fingerprint density at radius 2 is 2.07 bits per heavy atom. The van der Waals surface area contributed by atoms with Crippen LogP contribution in [0.1, 0.15) is 18.0 Å². The highest BCUT2D eigenvalue weighted by Crippen LogP contribution is 2.21. The van der Waals surface area contributed by atoms with E-state index in [1.807, 2.05) is 0 Å². The number of nitrogens with one attached hydrogen (secondary N) is 1. The first-order valence-corrected chi connectivity index (χ1v) is 6.65. The predicted octanol–water partition coefficient (Wildman–Crippen LogP) is 0.344. The fraction of sp³-hybridized carbons (Fsp3) is 0.429. The van der Waals surface area contributed by atoms with Gasteiger partial charge in [-0.25, -0.2) is 8.42 Å². The Bertz CT molecular complexity index is 536. The maximum atomic E-state index is 11.2. The Hall–Kier alpha value is -0.890. The summed E-state index contributed by atoms with van der Waals surface area (Å²) in [5.41, 5.74) is -0.618. The SMILES string of the molecule is CC(c1nc(O)c(Br)c(=O)[nH]1)S(C)(=O)=O. The number of aromatic nitrogens is 2. The minimum absolute atomic E-state index is 0.0804. The number of hydrogen-bond acceptors (Lipinski definition) is 5. The van der Waals surface area contributed by atoms with E-state index in [-0.39, 0.29) is 10.3 Å². The molecule has 1 unspecified atom stereocenters. The Kier molecular flexibility index (Phi) is 3.19. The molecule has 1 aromatic rings. The lowest BCUT2D eigenvalue weighted by Gasteiger charge is -2.08. The maximum absolute atomic E-state index is 11.2. The largest absolute Gasteiger partial charge is 0.492 e. The van der Waals surface area contributed by atoms with Gasteiger partial charge in [-0.2, -0.15) is 4.98 Å². The third-order valence-electron chi connectivity index (χ3n) is 1.89. The van der Waals surface area contributed by atoms with Gasteiger partial charge >= 0.3 is 0 Å². The number of aromatic amines is 1. The van der Waals surface area contributed by atoms with Crippen LogP contribution in [0, 0.1) is 0 Å². The van der Waals surface area contributed by atoms with Crippen LogP contribution >= 0.6 is 15.9 Å². The van der Waals surface area contributed by atoms with E-state index in [9.17, 15) is 18.3 Å². The molecule has 1 atom stereocenters. The molecule has 0 bridgehead atoms. The molecular formula is C7H9BrN2O4S. The number of nitrogens with zero attached hydrogens (tertiary/aromatic N) is 1. The van der Waals surface area contributed by atoms with Crippen LogP contribution in [-0.2, 0) is 9.84 Å². The highest BCUT2D eigenvalue weighted by atomic mass is 79.9. The van der Waals surface area contributed by atoms with Crippen LogP contribution in [0.15, 0.2) is 9.27 Å². The normalized spacial score (nSPS) is 13.8. The van der Waals surface area contributed by atoms with E-state index >= 15 is 0 Å². The summed E-state index contributed by atoms with van der Waals surface area (Å²) < 4.78 is 22.2. The van der Waals surface area contributed by atoms with Gasteiger partial charge in [-0.05, 0) is 22.9 Å². The van der Waals surface area contributed by atoms with E-state index in [1.165, 1.54) is 6.92 Å². The van der Waals surface area contributed by atoms with Gasteiger partial charge in [0.25, 0.3) is 5.56 Å². The second-order valence-corrected chi connectivity index (χ2v) is 6.22. The van der Waals surface area contributed by atoms with Gasteiger partial charge in [-0.15, -0.1) is 0 Å². The molecule has 15 heavy (non-hydrogen) atoms. The monoisotopic (exact) mass is 296 g/mol. The van der Waals surface area contributed by atoms with Gasteiger partial charge in [0, 0.05) is 6.26 Å². The van der Waals surface area contributed by atoms with Crippen LogP contribution in [-0.4, -0.2) is 29.7 Å². The van der Waals surface area contributed by atoms with Crippen molar-refractivity contribution in [1.29, 1.82) is 0 Å². The highest BCUT2D eigenvalue weighted by molar-refractivity contribution is 9.10. The van der Waals surface area contributed by atoms with E-state index in [2.05, 4.69) is 25.9 Å². The Morgan fingerprint density at radius 3 is 2.47 bits per heavy atom. The first kappa shape index (κ1) is 12.2. The molecule has 0 aliphatic rings. The molecule has 1 rings (SSSR count). The molecule has 0 spiro atoms. The maximum Gasteiger partial charge on any atom is 0.269 e. The summed E-state index contributed by atoms with van der Waals surface area (Å²) in [4.78, 5) is 17.0. The Balaban J connectivity index is 3.36.